The molecule has 7 aromatic carbocycles. The fourth-order valence-electron chi connectivity index (χ4n) is 10.5. The van der Waals surface area contributed by atoms with E-state index in [9.17, 15) is 0 Å². The Morgan fingerprint density at radius 2 is 1.17 bits per heavy atom. The molecule has 6 heterocycles. The predicted molar refractivity (Wildman–Crippen MR) is 248 cm³/mol. The SMILES string of the molecule is CC(C)(C)c1cc2c3c(c1)N1c4c(cccc4-n4c5ccccc5c5cccc1c54)B3c1sc3ccc(C(C)(C)C)cc3c1N2c1cccc2oc3ccccc3c12. The van der Waals surface area contributed by atoms with Gasteiger partial charge in [0.25, 0.3) is 6.71 Å². The molecule has 0 spiro atoms. The second-order valence-corrected chi connectivity index (χ2v) is 19.6. The lowest BCUT2D eigenvalue weighted by atomic mass is 9.36. The lowest BCUT2D eigenvalue weighted by molar-refractivity contribution is 0.590. The Morgan fingerprint density at radius 1 is 0.517 bits per heavy atom. The van der Waals surface area contributed by atoms with Crippen molar-refractivity contribution >= 4 is 122 Å². The van der Waals surface area contributed by atoms with Gasteiger partial charge in [0.15, 0.2) is 0 Å². The molecule has 10 aromatic rings. The molecule has 3 aliphatic heterocycles. The van der Waals surface area contributed by atoms with Crippen LogP contribution in [0.5, 0.6) is 0 Å². The van der Waals surface area contributed by atoms with Crippen LogP contribution >= 0.6 is 11.3 Å². The van der Waals surface area contributed by atoms with E-state index in [4.69, 9.17) is 4.42 Å². The van der Waals surface area contributed by atoms with Gasteiger partial charge in [-0.2, -0.15) is 0 Å². The molecular formula is C52H40BN3OS. The van der Waals surface area contributed by atoms with Crippen LogP contribution in [0.4, 0.5) is 34.1 Å². The number of rotatable bonds is 1. The Bertz CT molecular complexity index is 3460. The first-order valence-corrected chi connectivity index (χ1v) is 21.3. The highest BCUT2D eigenvalue weighted by Crippen LogP contribution is 2.55. The number of hydrogen-bond acceptors (Lipinski definition) is 4. The molecule has 278 valence electrons. The minimum Gasteiger partial charge on any atom is -0.456 e. The standard InChI is InChI=1S/C52H40BN3OS/c1-51(2,3)29-24-25-44-34(26-29)48-50(58-44)53-35-17-12-21-39-49(35)56(38-20-11-16-32-31-14-7-9-18-36(31)54(39)47(32)38)41-28-30(52(4,5)6)27-40(46(41)53)55(48)37-19-13-23-43-45(37)33-15-8-10-22-42(33)57-43/h7-28H,1-6H3. The van der Waals surface area contributed by atoms with E-state index >= 15 is 0 Å². The summed E-state index contributed by atoms with van der Waals surface area (Å²) in [4.78, 5) is 5.25. The molecule has 0 unspecified atom stereocenters. The van der Waals surface area contributed by atoms with E-state index in [0.717, 1.165) is 27.6 Å². The second-order valence-electron chi connectivity index (χ2n) is 18.5. The largest absolute Gasteiger partial charge is 0.456 e. The quantitative estimate of drug-likeness (QED) is 0.156. The number of para-hydroxylation sites is 4. The van der Waals surface area contributed by atoms with Gasteiger partial charge in [-0.05, 0) is 93.5 Å². The molecule has 13 rings (SSSR count). The summed E-state index contributed by atoms with van der Waals surface area (Å²) in [5.74, 6) is 0. The minimum atomic E-state index is -0.117. The number of benzene rings is 7. The van der Waals surface area contributed by atoms with E-state index < -0.39 is 0 Å². The molecule has 0 bridgehead atoms. The molecule has 0 atom stereocenters. The van der Waals surface area contributed by atoms with Gasteiger partial charge in [-0.15, -0.1) is 11.3 Å². The maximum absolute atomic E-state index is 6.61. The van der Waals surface area contributed by atoms with Gasteiger partial charge < -0.3 is 18.8 Å². The van der Waals surface area contributed by atoms with Crippen LogP contribution < -0.4 is 25.5 Å². The first kappa shape index (κ1) is 32.8. The molecular weight excluding hydrogens is 725 g/mol. The second kappa shape index (κ2) is 10.8. The van der Waals surface area contributed by atoms with E-state index in [-0.39, 0.29) is 17.5 Å². The van der Waals surface area contributed by atoms with Crippen molar-refractivity contribution in [2.75, 3.05) is 9.80 Å². The van der Waals surface area contributed by atoms with Gasteiger partial charge in [-0.1, -0.05) is 114 Å². The first-order chi connectivity index (χ1) is 28.1. The molecule has 58 heavy (non-hydrogen) atoms. The van der Waals surface area contributed by atoms with Crippen LogP contribution in [0.2, 0.25) is 0 Å². The van der Waals surface area contributed by atoms with Gasteiger partial charge in [0.1, 0.15) is 11.2 Å². The predicted octanol–water partition coefficient (Wildman–Crippen LogP) is 12.9. The lowest BCUT2D eigenvalue weighted by Gasteiger charge is -2.46. The smallest absolute Gasteiger partial charge is 0.264 e. The molecule has 0 radical (unpaired) electrons. The maximum atomic E-state index is 6.61. The van der Waals surface area contributed by atoms with Gasteiger partial charge in [0.2, 0.25) is 0 Å². The van der Waals surface area contributed by atoms with Crippen LogP contribution in [0.1, 0.15) is 52.7 Å². The van der Waals surface area contributed by atoms with Crippen LogP contribution in [0, 0.1) is 0 Å². The lowest BCUT2D eigenvalue weighted by Crippen LogP contribution is -2.61. The van der Waals surface area contributed by atoms with Gasteiger partial charge in [0.05, 0.1) is 44.9 Å². The van der Waals surface area contributed by atoms with E-state index in [2.05, 4.69) is 189 Å². The first-order valence-electron chi connectivity index (χ1n) is 20.5. The van der Waals surface area contributed by atoms with Crippen LogP contribution in [-0.2, 0) is 10.8 Å². The van der Waals surface area contributed by atoms with Crippen molar-refractivity contribution < 1.29 is 4.42 Å². The fraction of sp³-hybridized carbons (Fsp3) is 0.154. The Balaban J connectivity index is 1.23. The van der Waals surface area contributed by atoms with Crippen molar-refractivity contribution in [2.24, 2.45) is 0 Å². The number of furan rings is 1. The van der Waals surface area contributed by atoms with Crippen molar-refractivity contribution in [1.29, 1.82) is 0 Å². The summed E-state index contributed by atoms with van der Waals surface area (Å²) in [6.45, 7) is 14.1. The van der Waals surface area contributed by atoms with E-state index in [1.165, 1.54) is 92.8 Å². The highest BCUT2D eigenvalue weighted by Gasteiger charge is 2.48. The zero-order valence-electron chi connectivity index (χ0n) is 33.4. The van der Waals surface area contributed by atoms with Gasteiger partial charge >= 0.3 is 0 Å². The van der Waals surface area contributed by atoms with Crippen molar-refractivity contribution in [2.45, 2.75) is 52.4 Å². The Kier molecular flexibility index (Phi) is 6.12. The maximum Gasteiger partial charge on any atom is 0.264 e. The molecule has 0 saturated carbocycles. The average Bonchev–Trinajstić information content (AvgIpc) is 3.90. The zero-order valence-corrected chi connectivity index (χ0v) is 34.3. The number of aromatic nitrogens is 1. The molecule has 6 heteroatoms. The number of fused-ring (bicyclic) bond motifs is 14. The van der Waals surface area contributed by atoms with Gasteiger partial charge in [0, 0.05) is 42.4 Å². The summed E-state index contributed by atoms with van der Waals surface area (Å²) in [5, 5.41) is 6.16. The summed E-state index contributed by atoms with van der Waals surface area (Å²) >= 11 is 1.97. The Labute approximate surface area is 341 Å². The highest BCUT2D eigenvalue weighted by atomic mass is 32.1. The molecule has 0 amide bonds. The summed E-state index contributed by atoms with van der Waals surface area (Å²) < 4.78 is 11.8. The van der Waals surface area contributed by atoms with Crippen LogP contribution in [0.25, 0.3) is 59.5 Å². The summed E-state index contributed by atoms with van der Waals surface area (Å²) in [6.07, 6.45) is 0. The number of anilines is 6. The number of nitrogens with zero attached hydrogens (tertiary/aromatic N) is 3. The molecule has 3 aliphatic rings. The summed E-state index contributed by atoms with van der Waals surface area (Å²) in [5.41, 5.74) is 18.3. The molecule has 4 nitrogen and oxygen atoms in total. The van der Waals surface area contributed by atoms with E-state index in [0.29, 0.717) is 0 Å². The molecule has 3 aromatic heterocycles. The molecule has 0 N–H and O–H groups in total. The fourth-order valence-corrected chi connectivity index (χ4v) is 11.8. The zero-order chi connectivity index (χ0) is 39.0. The minimum absolute atomic E-state index is 0.00410. The van der Waals surface area contributed by atoms with Crippen molar-refractivity contribution in [3.8, 4) is 5.69 Å². The number of thiophene rings is 1. The summed E-state index contributed by atoms with van der Waals surface area (Å²) in [6, 6.07) is 50.2. The molecule has 0 aliphatic carbocycles. The average molecular weight is 766 g/mol. The third-order valence-corrected chi connectivity index (χ3v) is 14.4. The van der Waals surface area contributed by atoms with Gasteiger partial charge in [-0.25, -0.2) is 0 Å². The number of hydrogen-bond donors (Lipinski definition) is 0. The van der Waals surface area contributed by atoms with Crippen LogP contribution in [0.3, 0.4) is 0 Å². The van der Waals surface area contributed by atoms with Crippen molar-refractivity contribution in [3.05, 3.63) is 145 Å². The monoisotopic (exact) mass is 765 g/mol. The van der Waals surface area contributed by atoms with Crippen molar-refractivity contribution in [1.82, 2.24) is 4.57 Å². The summed E-state index contributed by atoms with van der Waals surface area (Å²) in [7, 11) is 0. The normalized spacial score (nSPS) is 14.3. The van der Waals surface area contributed by atoms with E-state index in [1.807, 2.05) is 11.3 Å². The van der Waals surface area contributed by atoms with E-state index in [1.54, 1.807) is 0 Å². The van der Waals surface area contributed by atoms with Crippen LogP contribution in [-0.4, -0.2) is 11.3 Å². The topological polar surface area (TPSA) is 24.6 Å². The molecule has 0 saturated heterocycles. The van der Waals surface area contributed by atoms with Gasteiger partial charge in [-0.3, -0.25) is 0 Å². The third kappa shape index (κ3) is 4.06. The molecule has 0 fully saturated rings. The highest BCUT2D eigenvalue weighted by molar-refractivity contribution is 7.33. The third-order valence-electron chi connectivity index (χ3n) is 13.2. The van der Waals surface area contributed by atoms with Crippen LogP contribution in [0.15, 0.2) is 138 Å². The van der Waals surface area contributed by atoms with Crippen molar-refractivity contribution in [3.63, 3.8) is 0 Å². The Hall–Kier alpha value is -6.24. The Morgan fingerprint density at radius 3 is 1.98 bits per heavy atom.